The molecule has 1 aliphatic rings. The van der Waals surface area contributed by atoms with Crippen LogP contribution in [0, 0.1) is 0 Å². The molecule has 254 valence electrons. The minimum absolute atomic E-state index is 0.547. The molecule has 0 spiro atoms. The minimum atomic E-state index is -0.547. The Labute approximate surface area is 319 Å². The highest BCUT2D eigenvalue weighted by atomic mass is 14.5. The van der Waals surface area contributed by atoms with Crippen LogP contribution in [0.2, 0.25) is 0 Å². The first-order chi connectivity index (χ1) is 27.3. The molecule has 55 heavy (non-hydrogen) atoms. The topological polar surface area (TPSA) is 0 Å². The van der Waals surface area contributed by atoms with Crippen molar-refractivity contribution in [3.8, 4) is 33.4 Å². The molecule has 0 saturated heterocycles. The van der Waals surface area contributed by atoms with Crippen molar-refractivity contribution in [2.75, 3.05) is 0 Å². The molecule has 0 N–H and O–H groups in total. The maximum atomic E-state index is 2.51. The van der Waals surface area contributed by atoms with Crippen molar-refractivity contribution >= 4 is 53.9 Å². The predicted octanol–water partition coefficient (Wildman–Crippen LogP) is 14.6. The second-order valence-corrected chi connectivity index (χ2v) is 15.2. The van der Waals surface area contributed by atoms with Crippen LogP contribution in [0.5, 0.6) is 0 Å². The predicted molar refractivity (Wildman–Crippen MR) is 233 cm³/mol. The first kappa shape index (κ1) is 30.4. The molecule has 0 amide bonds. The Balaban J connectivity index is 1.20. The van der Waals surface area contributed by atoms with Crippen molar-refractivity contribution in [2.45, 2.75) is 5.41 Å². The molecule has 12 rings (SSSR count). The van der Waals surface area contributed by atoms with Crippen LogP contribution in [0.15, 0.2) is 206 Å². The van der Waals surface area contributed by atoms with E-state index >= 15 is 0 Å². The quantitative estimate of drug-likeness (QED) is 0.161. The van der Waals surface area contributed by atoms with Crippen LogP contribution in [0.3, 0.4) is 0 Å². The van der Waals surface area contributed by atoms with Crippen LogP contribution in [0.25, 0.3) is 87.2 Å². The third-order valence-corrected chi connectivity index (χ3v) is 12.4. The molecule has 0 radical (unpaired) electrons. The summed E-state index contributed by atoms with van der Waals surface area (Å²) < 4.78 is 0. The summed E-state index contributed by atoms with van der Waals surface area (Å²) in [5, 5.41) is 12.9. The van der Waals surface area contributed by atoms with Crippen molar-refractivity contribution in [3.63, 3.8) is 0 Å². The summed E-state index contributed by atoms with van der Waals surface area (Å²) in [4.78, 5) is 0. The zero-order valence-electron chi connectivity index (χ0n) is 30.1. The molecule has 0 aliphatic heterocycles. The molecule has 11 aromatic rings. The van der Waals surface area contributed by atoms with E-state index in [9.17, 15) is 0 Å². The second kappa shape index (κ2) is 11.5. The molecular formula is C55H34. The largest absolute Gasteiger partial charge is 0.0714 e. The summed E-state index contributed by atoms with van der Waals surface area (Å²) in [6.07, 6.45) is 0. The van der Waals surface area contributed by atoms with E-state index in [2.05, 4.69) is 206 Å². The van der Waals surface area contributed by atoms with E-state index in [0.29, 0.717) is 0 Å². The molecule has 0 nitrogen and oxygen atoms in total. The van der Waals surface area contributed by atoms with Gasteiger partial charge in [-0.2, -0.15) is 0 Å². The van der Waals surface area contributed by atoms with Gasteiger partial charge in [-0.1, -0.05) is 176 Å². The van der Waals surface area contributed by atoms with Gasteiger partial charge in [0.1, 0.15) is 0 Å². The first-order valence-corrected chi connectivity index (χ1v) is 19.2. The van der Waals surface area contributed by atoms with Gasteiger partial charge in [0.05, 0.1) is 5.41 Å². The third-order valence-electron chi connectivity index (χ3n) is 12.4. The summed E-state index contributed by atoms with van der Waals surface area (Å²) in [6.45, 7) is 0. The average Bonchev–Trinajstić information content (AvgIpc) is 3.54. The molecule has 1 aliphatic carbocycles. The van der Waals surface area contributed by atoms with E-state index in [1.54, 1.807) is 0 Å². The molecule has 0 atom stereocenters. The maximum absolute atomic E-state index is 2.51. The highest BCUT2D eigenvalue weighted by molar-refractivity contribution is 6.23. The molecule has 0 saturated carbocycles. The van der Waals surface area contributed by atoms with Crippen molar-refractivity contribution in [1.82, 2.24) is 0 Å². The van der Waals surface area contributed by atoms with Gasteiger partial charge in [0, 0.05) is 0 Å². The van der Waals surface area contributed by atoms with Gasteiger partial charge in [-0.3, -0.25) is 0 Å². The van der Waals surface area contributed by atoms with E-state index in [4.69, 9.17) is 0 Å². The van der Waals surface area contributed by atoms with E-state index in [1.807, 2.05) is 0 Å². The summed E-state index contributed by atoms with van der Waals surface area (Å²) in [5.41, 5.74) is 12.3. The summed E-state index contributed by atoms with van der Waals surface area (Å²) in [6, 6.07) is 77.4. The van der Waals surface area contributed by atoms with Gasteiger partial charge in [-0.15, -0.1) is 0 Å². The first-order valence-electron chi connectivity index (χ1n) is 19.2. The molecule has 0 heterocycles. The Morgan fingerprint density at radius 1 is 0.273 bits per heavy atom. The lowest BCUT2D eigenvalue weighted by atomic mass is 9.67. The van der Waals surface area contributed by atoms with Crippen LogP contribution in [0.1, 0.15) is 22.3 Å². The van der Waals surface area contributed by atoms with Crippen LogP contribution in [-0.2, 0) is 5.41 Å². The lowest BCUT2D eigenvalue weighted by Crippen LogP contribution is -2.28. The highest BCUT2D eigenvalue weighted by Gasteiger charge is 2.47. The normalized spacial score (nSPS) is 13.2. The number of benzene rings is 11. The third kappa shape index (κ3) is 4.28. The molecule has 0 heteroatoms. The Morgan fingerprint density at radius 3 is 1.51 bits per heavy atom. The van der Waals surface area contributed by atoms with E-state index in [-0.39, 0.29) is 0 Å². The molecule has 11 aromatic carbocycles. The van der Waals surface area contributed by atoms with Crippen molar-refractivity contribution in [3.05, 3.63) is 229 Å². The fraction of sp³-hybridized carbons (Fsp3) is 0.0182. The Bertz CT molecular complexity index is 3190. The maximum Gasteiger partial charge on any atom is 0.0714 e. The number of fused-ring (bicyclic) bond motifs is 5. The average molecular weight is 695 g/mol. The molecule has 0 bridgehead atoms. The highest BCUT2D eigenvalue weighted by Crippen LogP contribution is 2.60. The van der Waals surface area contributed by atoms with E-state index in [0.717, 1.165) is 0 Å². The van der Waals surface area contributed by atoms with Crippen LogP contribution < -0.4 is 0 Å². The summed E-state index contributed by atoms with van der Waals surface area (Å²) in [7, 11) is 0. The van der Waals surface area contributed by atoms with Gasteiger partial charge in [-0.25, -0.2) is 0 Å². The smallest absolute Gasteiger partial charge is 0.0622 e. The monoisotopic (exact) mass is 694 g/mol. The summed E-state index contributed by atoms with van der Waals surface area (Å²) in [5.74, 6) is 0. The number of hydrogen-bond acceptors (Lipinski definition) is 0. The molecule has 0 aromatic heterocycles. The van der Waals surface area contributed by atoms with Gasteiger partial charge >= 0.3 is 0 Å². The molecule has 0 unspecified atom stereocenters. The molecular weight excluding hydrogens is 661 g/mol. The molecule has 0 fully saturated rings. The number of hydrogen-bond donors (Lipinski definition) is 0. The van der Waals surface area contributed by atoms with Crippen LogP contribution in [-0.4, -0.2) is 0 Å². The fourth-order valence-corrected chi connectivity index (χ4v) is 10.1. The van der Waals surface area contributed by atoms with Crippen LogP contribution >= 0.6 is 0 Å². The van der Waals surface area contributed by atoms with Crippen molar-refractivity contribution in [2.24, 2.45) is 0 Å². The summed E-state index contributed by atoms with van der Waals surface area (Å²) >= 11 is 0. The van der Waals surface area contributed by atoms with Crippen molar-refractivity contribution in [1.29, 1.82) is 0 Å². The van der Waals surface area contributed by atoms with Gasteiger partial charge in [0.25, 0.3) is 0 Å². The van der Waals surface area contributed by atoms with Gasteiger partial charge in [0.15, 0.2) is 0 Å². The standard InChI is InChI=1S/C55H34/c1-3-17-45(18-4-1)55(46-19-5-2-6-20-46)49-33-39(44-31-41-26-23-36-15-11-16-37-24-27-42(32-44)52(41)51(36)37)28-29-48(49)54-50(55)34-40-14-9-10-21-47(40)53(54)43-25-22-35-12-7-8-13-38(35)30-43/h1-34H. The zero-order chi connectivity index (χ0) is 36.1. The second-order valence-electron chi connectivity index (χ2n) is 15.2. The fourth-order valence-electron chi connectivity index (χ4n) is 10.1. The van der Waals surface area contributed by atoms with Crippen LogP contribution in [0.4, 0.5) is 0 Å². The SMILES string of the molecule is c1ccc(C2(c3ccccc3)c3cc(-c4cc5ccc6cccc7ccc(c4)c5c67)ccc3-c3c2cc2ccccc2c3-c2ccc3ccccc3c2)cc1. The Kier molecular flexibility index (Phi) is 6.36. The van der Waals surface area contributed by atoms with E-state index < -0.39 is 5.41 Å². The van der Waals surface area contributed by atoms with Gasteiger partial charge in [-0.05, 0) is 140 Å². The lowest BCUT2D eigenvalue weighted by molar-refractivity contribution is 0.770. The minimum Gasteiger partial charge on any atom is -0.0622 e. The van der Waals surface area contributed by atoms with E-state index in [1.165, 1.54) is 109 Å². The Hall–Kier alpha value is -7.02. The number of rotatable bonds is 4. The van der Waals surface area contributed by atoms with Crippen molar-refractivity contribution < 1.29 is 0 Å². The van der Waals surface area contributed by atoms with Gasteiger partial charge in [0.2, 0.25) is 0 Å². The zero-order valence-corrected chi connectivity index (χ0v) is 30.1. The lowest BCUT2D eigenvalue weighted by Gasteiger charge is -2.34. The van der Waals surface area contributed by atoms with Gasteiger partial charge < -0.3 is 0 Å². The Morgan fingerprint density at radius 2 is 0.800 bits per heavy atom.